The van der Waals surface area contributed by atoms with Gasteiger partial charge in [0, 0.05) is 18.2 Å². The van der Waals surface area contributed by atoms with Crippen molar-refractivity contribution in [1.29, 1.82) is 0 Å². The predicted octanol–water partition coefficient (Wildman–Crippen LogP) is 3.83. The summed E-state index contributed by atoms with van der Waals surface area (Å²) in [5.74, 6) is 2.51. The van der Waals surface area contributed by atoms with Crippen LogP contribution in [0, 0.1) is 0 Å². The molecule has 0 bridgehead atoms. The Labute approximate surface area is 260 Å². The van der Waals surface area contributed by atoms with Gasteiger partial charge in [-0.3, -0.25) is 19.0 Å². The maximum Gasteiger partial charge on any atom is 0.262 e. The Kier molecular flexibility index (Phi) is 7.74. The third kappa shape index (κ3) is 6.15. The van der Waals surface area contributed by atoms with Crippen LogP contribution in [-0.2, 0) is 24.4 Å². The molecule has 4 heterocycles. The van der Waals surface area contributed by atoms with Gasteiger partial charge in [-0.05, 0) is 53.6 Å². The third-order valence-electron chi connectivity index (χ3n) is 7.23. The molecule has 13 heteroatoms. The number of nitrogens with zero attached hydrogens (tertiary/aromatic N) is 2. The van der Waals surface area contributed by atoms with Crippen molar-refractivity contribution >= 4 is 34.5 Å². The number of ether oxygens (including phenoxy) is 4. The first-order valence-corrected chi connectivity index (χ1v) is 15.0. The van der Waals surface area contributed by atoms with Crippen LogP contribution in [-0.4, -0.2) is 40.7 Å². The highest BCUT2D eigenvalue weighted by Crippen LogP contribution is 2.35. The lowest BCUT2D eigenvalue weighted by molar-refractivity contribution is -0.118. The molecule has 2 N–H and O–H groups in total. The van der Waals surface area contributed by atoms with E-state index in [0.717, 1.165) is 22.9 Å². The summed E-state index contributed by atoms with van der Waals surface area (Å²) in [7, 11) is 0. The second-order valence-corrected chi connectivity index (χ2v) is 11.2. The second-order valence-electron chi connectivity index (χ2n) is 10.2. The molecule has 0 radical (unpaired) electrons. The standard InChI is InChI=1S/C32H26N4O8S/c37-29(33-14-22-2-1-9-40-22)16-45-32-35-24-12-28-27(43-18-44-28)11-23(24)31(39)36(32)15-19-3-6-21(7-4-19)30(38)34-13-20-5-8-25-26(10-20)42-17-41-25/h1-12H,13-18H2,(H,33,37)(H,34,38). The number of carbonyl (C=O) groups excluding carboxylic acids is 2. The normalized spacial score (nSPS) is 12.8. The molecule has 0 aliphatic carbocycles. The smallest absolute Gasteiger partial charge is 0.262 e. The van der Waals surface area contributed by atoms with E-state index in [1.54, 1.807) is 54.8 Å². The van der Waals surface area contributed by atoms with Crippen molar-refractivity contribution in [3.8, 4) is 23.0 Å². The average Bonchev–Trinajstić information content (AvgIpc) is 3.85. The molecule has 0 atom stereocenters. The summed E-state index contributed by atoms with van der Waals surface area (Å²) in [5.41, 5.74) is 2.28. The van der Waals surface area contributed by atoms with Crippen molar-refractivity contribution in [2.24, 2.45) is 0 Å². The van der Waals surface area contributed by atoms with Gasteiger partial charge >= 0.3 is 0 Å². The van der Waals surface area contributed by atoms with Crippen LogP contribution in [0.25, 0.3) is 10.9 Å². The Hall–Kier alpha value is -5.43. The van der Waals surface area contributed by atoms with Gasteiger partial charge in [0.15, 0.2) is 28.2 Å². The number of carbonyl (C=O) groups is 2. The highest BCUT2D eigenvalue weighted by atomic mass is 32.2. The quantitative estimate of drug-likeness (QED) is 0.173. The summed E-state index contributed by atoms with van der Waals surface area (Å²) in [6.07, 6.45) is 1.54. The van der Waals surface area contributed by atoms with Crippen LogP contribution in [0.3, 0.4) is 0 Å². The molecule has 45 heavy (non-hydrogen) atoms. The minimum Gasteiger partial charge on any atom is -0.467 e. The van der Waals surface area contributed by atoms with Crippen molar-refractivity contribution in [2.75, 3.05) is 19.3 Å². The van der Waals surface area contributed by atoms with E-state index in [9.17, 15) is 14.4 Å². The molecule has 0 saturated carbocycles. The highest BCUT2D eigenvalue weighted by molar-refractivity contribution is 7.99. The highest BCUT2D eigenvalue weighted by Gasteiger charge is 2.20. The Balaban J connectivity index is 1.08. The van der Waals surface area contributed by atoms with E-state index in [4.69, 9.17) is 28.3 Å². The fourth-order valence-electron chi connectivity index (χ4n) is 4.90. The molecule has 12 nitrogen and oxygen atoms in total. The maximum atomic E-state index is 13.8. The van der Waals surface area contributed by atoms with Gasteiger partial charge in [-0.1, -0.05) is 30.0 Å². The summed E-state index contributed by atoms with van der Waals surface area (Å²) in [4.78, 5) is 43.9. The molecule has 7 rings (SSSR count). The Morgan fingerprint density at radius 2 is 1.56 bits per heavy atom. The first-order valence-electron chi connectivity index (χ1n) is 14.0. The van der Waals surface area contributed by atoms with Crippen LogP contribution >= 0.6 is 11.8 Å². The van der Waals surface area contributed by atoms with Crippen molar-refractivity contribution in [1.82, 2.24) is 20.2 Å². The number of hydrogen-bond acceptors (Lipinski definition) is 10. The summed E-state index contributed by atoms with van der Waals surface area (Å²) >= 11 is 1.15. The average molecular weight is 627 g/mol. The lowest BCUT2D eigenvalue weighted by atomic mass is 10.1. The first-order chi connectivity index (χ1) is 22.0. The fourth-order valence-corrected chi connectivity index (χ4v) is 5.73. The third-order valence-corrected chi connectivity index (χ3v) is 8.21. The van der Waals surface area contributed by atoms with Gasteiger partial charge in [-0.15, -0.1) is 0 Å². The van der Waals surface area contributed by atoms with Gasteiger partial charge in [-0.25, -0.2) is 4.98 Å². The van der Waals surface area contributed by atoms with E-state index >= 15 is 0 Å². The molecule has 3 aromatic carbocycles. The summed E-state index contributed by atoms with van der Waals surface area (Å²) < 4.78 is 28.5. The topological polar surface area (TPSA) is 143 Å². The van der Waals surface area contributed by atoms with E-state index in [1.807, 2.05) is 18.2 Å². The van der Waals surface area contributed by atoms with Crippen LogP contribution < -0.4 is 35.1 Å². The number of furan rings is 1. The molecule has 2 amide bonds. The number of aromatic nitrogens is 2. The molecule has 0 saturated heterocycles. The molecular weight excluding hydrogens is 600 g/mol. The number of benzene rings is 3. The Bertz CT molecular complexity index is 1960. The van der Waals surface area contributed by atoms with Gasteiger partial charge in [0.25, 0.3) is 11.5 Å². The zero-order valence-electron chi connectivity index (χ0n) is 23.7. The molecular formula is C32H26N4O8S. The Morgan fingerprint density at radius 1 is 0.822 bits per heavy atom. The van der Waals surface area contributed by atoms with Crippen LogP contribution in [0.1, 0.15) is 27.2 Å². The van der Waals surface area contributed by atoms with Crippen LogP contribution in [0.2, 0.25) is 0 Å². The lowest BCUT2D eigenvalue weighted by Crippen LogP contribution is -2.27. The minimum atomic E-state index is -0.290. The molecule has 0 unspecified atom stereocenters. The molecule has 0 fully saturated rings. The summed E-state index contributed by atoms with van der Waals surface area (Å²) in [6.45, 7) is 1.000. The van der Waals surface area contributed by atoms with Gasteiger partial charge in [-0.2, -0.15) is 0 Å². The molecule has 2 aromatic heterocycles. The SMILES string of the molecule is O=C(CSc1nc2cc3c(cc2c(=O)n1Cc1ccc(C(=O)NCc2ccc4c(c2)OCO4)cc1)OCO3)NCc1ccco1. The van der Waals surface area contributed by atoms with Crippen LogP contribution in [0.15, 0.2) is 87.4 Å². The molecule has 5 aromatic rings. The summed E-state index contributed by atoms with van der Waals surface area (Å²) in [5, 5.41) is 6.45. The number of rotatable bonds is 10. The minimum absolute atomic E-state index is 0.0334. The van der Waals surface area contributed by atoms with E-state index < -0.39 is 0 Å². The van der Waals surface area contributed by atoms with Gasteiger partial charge in [0.2, 0.25) is 19.5 Å². The largest absolute Gasteiger partial charge is 0.467 e. The molecule has 0 spiro atoms. The van der Waals surface area contributed by atoms with Crippen molar-refractivity contribution < 1.29 is 33.0 Å². The number of amides is 2. The Morgan fingerprint density at radius 3 is 2.33 bits per heavy atom. The van der Waals surface area contributed by atoms with E-state index in [0.29, 0.717) is 56.9 Å². The number of nitrogens with one attached hydrogen (secondary N) is 2. The van der Waals surface area contributed by atoms with E-state index in [1.165, 1.54) is 4.57 Å². The number of fused-ring (bicyclic) bond motifs is 3. The van der Waals surface area contributed by atoms with Crippen LogP contribution in [0.5, 0.6) is 23.0 Å². The van der Waals surface area contributed by atoms with Crippen molar-refractivity contribution in [2.45, 2.75) is 24.8 Å². The monoisotopic (exact) mass is 626 g/mol. The van der Waals surface area contributed by atoms with Crippen molar-refractivity contribution in [3.63, 3.8) is 0 Å². The van der Waals surface area contributed by atoms with Gasteiger partial charge in [0.05, 0.1) is 36.0 Å². The maximum absolute atomic E-state index is 13.8. The van der Waals surface area contributed by atoms with Gasteiger partial charge < -0.3 is 34.0 Å². The zero-order valence-corrected chi connectivity index (χ0v) is 24.6. The van der Waals surface area contributed by atoms with E-state index in [-0.39, 0.29) is 49.8 Å². The fraction of sp³-hybridized carbons (Fsp3) is 0.188. The van der Waals surface area contributed by atoms with Crippen LogP contribution in [0.4, 0.5) is 0 Å². The zero-order chi connectivity index (χ0) is 30.8. The van der Waals surface area contributed by atoms with Crippen molar-refractivity contribution in [3.05, 3.63) is 106 Å². The number of hydrogen-bond donors (Lipinski definition) is 2. The number of thioether (sulfide) groups is 1. The summed E-state index contributed by atoms with van der Waals surface area (Å²) in [6, 6.07) is 19.3. The molecule has 2 aliphatic rings. The predicted molar refractivity (Wildman–Crippen MR) is 163 cm³/mol. The molecule has 2 aliphatic heterocycles. The first kappa shape index (κ1) is 28.3. The second kappa shape index (κ2) is 12.3. The van der Waals surface area contributed by atoms with E-state index in [2.05, 4.69) is 10.6 Å². The van der Waals surface area contributed by atoms with Gasteiger partial charge in [0.1, 0.15) is 5.76 Å². The molecule has 228 valence electrons. The lowest BCUT2D eigenvalue weighted by Gasteiger charge is -2.14.